The zero-order valence-corrected chi connectivity index (χ0v) is 5.89. The average Bonchev–Trinajstić information content (AvgIpc) is 2.05. The van der Waals surface area contributed by atoms with Gasteiger partial charge in [-0.05, 0) is 6.07 Å². The molecule has 0 amide bonds. The van der Waals surface area contributed by atoms with Gasteiger partial charge in [0.1, 0.15) is 17.6 Å². The number of methoxy groups -OCH3 is 1. The van der Waals surface area contributed by atoms with E-state index in [1.54, 1.807) is 6.07 Å². The predicted octanol–water partition coefficient (Wildman–Crippen LogP) is 1.51. The second kappa shape index (κ2) is 3.02. The van der Waals surface area contributed by atoms with Crippen LogP contribution in [0.3, 0.4) is 0 Å². The third kappa shape index (κ3) is 1.47. The molecular weight excluding hydrogens is 145 g/mol. The lowest BCUT2D eigenvalue weighted by Crippen LogP contribution is -1.87. The van der Waals surface area contributed by atoms with E-state index < -0.39 is 5.82 Å². The van der Waals surface area contributed by atoms with Crippen molar-refractivity contribution in [3.8, 4) is 11.8 Å². The molecule has 1 aromatic carbocycles. The van der Waals surface area contributed by atoms with Gasteiger partial charge in [-0.25, -0.2) is 4.39 Å². The monoisotopic (exact) mass is 150 g/mol. The average molecular weight is 150 g/mol. The van der Waals surface area contributed by atoms with Gasteiger partial charge in [-0.2, -0.15) is 5.26 Å². The van der Waals surface area contributed by atoms with E-state index in [0.29, 0.717) is 5.75 Å². The predicted molar refractivity (Wildman–Crippen MR) is 36.5 cm³/mol. The Morgan fingerprint density at radius 2 is 2.45 bits per heavy atom. The third-order valence-corrected chi connectivity index (χ3v) is 1.21. The lowest BCUT2D eigenvalue weighted by atomic mass is 10.2. The van der Waals surface area contributed by atoms with Crippen LogP contribution in [0.4, 0.5) is 4.39 Å². The molecule has 2 nitrogen and oxygen atoms in total. The minimum absolute atomic E-state index is 0.0272. The van der Waals surface area contributed by atoms with Crippen LogP contribution in [0.5, 0.6) is 5.75 Å². The van der Waals surface area contributed by atoms with Crippen molar-refractivity contribution in [3.63, 3.8) is 0 Å². The number of halogens is 1. The van der Waals surface area contributed by atoms with Gasteiger partial charge in [-0.15, -0.1) is 0 Å². The maximum Gasteiger partial charge on any atom is 0.141 e. The van der Waals surface area contributed by atoms with Crippen LogP contribution in [0.25, 0.3) is 0 Å². The Bertz CT molecular complexity index is 303. The Balaban J connectivity index is 3.15. The molecular formula is C8H5FNO. The van der Waals surface area contributed by atoms with Gasteiger partial charge in [-0.1, -0.05) is 0 Å². The van der Waals surface area contributed by atoms with Crippen LogP contribution in [-0.2, 0) is 0 Å². The summed E-state index contributed by atoms with van der Waals surface area (Å²) in [7, 11) is 1.44. The second-order valence-electron chi connectivity index (χ2n) is 1.87. The van der Waals surface area contributed by atoms with Crippen molar-refractivity contribution in [3.05, 3.63) is 29.6 Å². The minimum Gasteiger partial charge on any atom is -0.496 e. The van der Waals surface area contributed by atoms with Crippen molar-refractivity contribution in [1.29, 1.82) is 5.26 Å². The first kappa shape index (κ1) is 7.55. The highest BCUT2D eigenvalue weighted by Gasteiger charge is 2.01. The summed E-state index contributed by atoms with van der Waals surface area (Å²) in [5, 5.41) is 8.38. The van der Waals surface area contributed by atoms with Gasteiger partial charge < -0.3 is 4.74 Å². The summed E-state index contributed by atoms with van der Waals surface area (Å²) in [6.45, 7) is 0. The number of rotatable bonds is 1. The first-order chi connectivity index (χ1) is 5.27. The summed E-state index contributed by atoms with van der Waals surface area (Å²) in [6, 6.07) is 6.59. The molecule has 3 heteroatoms. The number of nitriles is 1. The molecule has 0 heterocycles. The van der Waals surface area contributed by atoms with Crippen molar-refractivity contribution in [2.24, 2.45) is 0 Å². The molecule has 0 N–H and O–H groups in total. The van der Waals surface area contributed by atoms with Crippen molar-refractivity contribution < 1.29 is 9.13 Å². The first-order valence-corrected chi connectivity index (χ1v) is 2.93. The zero-order valence-electron chi connectivity index (χ0n) is 5.89. The lowest BCUT2D eigenvalue weighted by molar-refractivity contribution is 0.412. The molecule has 0 aromatic heterocycles. The summed E-state index contributed by atoms with van der Waals surface area (Å²) < 4.78 is 17.3. The van der Waals surface area contributed by atoms with Crippen molar-refractivity contribution in [1.82, 2.24) is 0 Å². The van der Waals surface area contributed by atoms with E-state index in [1.165, 1.54) is 13.2 Å². The normalized spacial score (nSPS) is 8.82. The molecule has 0 saturated carbocycles. The highest BCUT2D eigenvalue weighted by molar-refractivity contribution is 5.36. The fourth-order valence-corrected chi connectivity index (χ4v) is 0.657. The summed E-state index contributed by atoms with van der Waals surface area (Å²) in [6.07, 6.45) is 0. The Morgan fingerprint density at radius 1 is 1.73 bits per heavy atom. The van der Waals surface area contributed by atoms with Crippen LogP contribution in [0.2, 0.25) is 0 Å². The van der Waals surface area contributed by atoms with Crippen LogP contribution < -0.4 is 4.74 Å². The zero-order chi connectivity index (χ0) is 8.27. The molecule has 0 bridgehead atoms. The molecule has 0 aliphatic heterocycles. The molecule has 0 aliphatic rings. The van der Waals surface area contributed by atoms with E-state index in [0.717, 1.165) is 6.07 Å². The number of ether oxygens (including phenoxy) is 1. The maximum atomic E-state index is 12.6. The van der Waals surface area contributed by atoms with Crippen molar-refractivity contribution in [2.75, 3.05) is 7.11 Å². The lowest BCUT2D eigenvalue weighted by Gasteiger charge is -1.97. The van der Waals surface area contributed by atoms with E-state index in [2.05, 4.69) is 6.07 Å². The van der Waals surface area contributed by atoms with Gasteiger partial charge in [0.25, 0.3) is 0 Å². The molecule has 1 rings (SSSR count). The van der Waals surface area contributed by atoms with Gasteiger partial charge in [0.15, 0.2) is 0 Å². The highest BCUT2D eigenvalue weighted by atomic mass is 19.1. The quantitative estimate of drug-likeness (QED) is 0.607. The molecule has 0 saturated heterocycles. The molecule has 0 unspecified atom stereocenters. The van der Waals surface area contributed by atoms with Gasteiger partial charge in [0, 0.05) is 12.1 Å². The number of hydrogen-bond acceptors (Lipinski definition) is 2. The Hall–Kier alpha value is -1.56. The van der Waals surface area contributed by atoms with Crippen LogP contribution in [0, 0.1) is 23.2 Å². The number of nitrogens with zero attached hydrogens (tertiary/aromatic N) is 1. The molecule has 0 aliphatic carbocycles. The van der Waals surface area contributed by atoms with Crippen LogP contribution in [-0.4, -0.2) is 7.11 Å². The van der Waals surface area contributed by atoms with Crippen LogP contribution in [0.1, 0.15) is 5.56 Å². The first-order valence-electron chi connectivity index (χ1n) is 2.93. The van der Waals surface area contributed by atoms with E-state index in [-0.39, 0.29) is 5.56 Å². The largest absolute Gasteiger partial charge is 0.496 e. The van der Waals surface area contributed by atoms with Crippen LogP contribution >= 0.6 is 0 Å². The van der Waals surface area contributed by atoms with Gasteiger partial charge in [0.05, 0.1) is 12.7 Å². The number of benzene rings is 1. The molecule has 1 radical (unpaired) electrons. The Morgan fingerprint density at radius 3 is 3.00 bits per heavy atom. The van der Waals surface area contributed by atoms with Crippen molar-refractivity contribution in [2.45, 2.75) is 0 Å². The topological polar surface area (TPSA) is 33.0 Å². The fraction of sp³-hybridized carbons (Fsp3) is 0.125. The highest BCUT2D eigenvalue weighted by Crippen LogP contribution is 2.14. The van der Waals surface area contributed by atoms with Crippen molar-refractivity contribution >= 4 is 0 Å². The summed E-state index contributed by atoms with van der Waals surface area (Å²) >= 11 is 0. The van der Waals surface area contributed by atoms with E-state index in [1.807, 2.05) is 0 Å². The fourth-order valence-electron chi connectivity index (χ4n) is 0.657. The molecule has 55 valence electrons. The Kier molecular flexibility index (Phi) is 2.07. The minimum atomic E-state index is -0.576. The van der Waals surface area contributed by atoms with Crippen LogP contribution in [0.15, 0.2) is 12.1 Å². The Labute approximate surface area is 63.8 Å². The molecule has 11 heavy (non-hydrogen) atoms. The maximum absolute atomic E-state index is 12.6. The van der Waals surface area contributed by atoms with Gasteiger partial charge >= 0.3 is 0 Å². The second-order valence-corrected chi connectivity index (χ2v) is 1.87. The standard InChI is InChI=1S/C8H5FNO/c1-11-7-2-3-8(9)6(4-7)5-10/h3-4H,1H3. The van der Waals surface area contributed by atoms with Gasteiger partial charge in [0.2, 0.25) is 0 Å². The SMILES string of the molecule is COc1[c]cc(F)c(C#N)c1. The van der Waals surface area contributed by atoms with Gasteiger partial charge in [-0.3, -0.25) is 0 Å². The smallest absolute Gasteiger partial charge is 0.141 e. The van der Waals surface area contributed by atoms with E-state index in [9.17, 15) is 4.39 Å². The summed E-state index contributed by atoms with van der Waals surface area (Å²) in [4.78, 5) is 0. The molecule has 0 atom stereocenters. The van der Waals surface area contributed by atoms with E-state index in [4.69, 9.17) is 10.00 Å². The van der Waals surface area contributed by atoms with E-state index >= 15 is 0 Å². The molecule has 1 aromatic rings. The molecule has 0 fully saturated rings. The summed E-state index contributed by atoms with van der Waals surface area (Å²) in [5.41, 5.74) is -0.0272. The molecule has 0 spiro atoms. The number of hydrogen-bond donors (Lipinski definition) is 0. The summed E-state index contributed by atoms with van der Waals surface area (Å²) in [5.74, 6) is -0.212. The third-order valence-electron chi connectivity index (χ3n) is 1.21.